The summed E-state index contributed by atoms with van der Waals surface area (Å²) in [5, 5.41) is 0. The van der Waals surface area contributed by atoms with E-state index in [0.717, 1.165) is 9.13 Å². The van der Waals surface area contributed by atoms with Gasteiger partial charge in [-0.2, -0.15) is 0 Å². The number of anilines is 2. The smallest absolute Gasteiger partial charge is 0.330 e. The predicted octanol–water partition coefficient (Wildman–Crippen LogP) is 2.05. The minimum Gasteiger partial charge on any atom is -0.383 e. The molecule has 3 N–H and O–H groups in total. The summed E-state index contributed by atoms with van der Waals surface area (Å²) in [5.41, 5.74) is 6.00. The predicted molar refractivity (Wildman–Crippen MR) is 113 cm³/mol. The van der Waals surface area contributed by atoms with Crippen molar-refractivity contribution in [3.05, 3.63) is 90.1 Å². The van der Waals surface area contributed by atoms with Crippen LogP contribution in [0.2, 0.25) is 0 Å². The Morgan fingerprint density at radius 1 is 1.15 bits per heavy atom. The summed E-state index contributed by atoms with van der Waals surface area (Å²) in [4.78, 5) is 40.8. The van der Waals surface area contributed by atoms with E-state index >= 15 is 0 Å². The van der Waals surface area contributed by atoms with Gasteiger partial charge in [0.25, 0.3) is 11.5 Å². The highest BCUT2D eigenvalue weighted by Crippen LogP contribution is 2.19. The molecule has 0 atom stereocenters. The number of nitrogens with one attached hydrogen (secondary N) is 1. The summed E-state index contributed by atoms with van der Waals surface area (Å²) >= 11 is 2.10. The van der Waals surface area contributed by atoms with E-state index in [1.54, 1.807) is 18.2 Å². The third-order valence-corrected chi connectivity index (χ3v) is 4.78. The maximum atomic E-state index is 12.8. The number of halogens is 1. The van der Waals surface area contributed by atoms with Crippen molar-refractivity contribution >= 4 is 40.0 Å². The molecule has 3 rings (SSSR count). The zero-order valence-electron chi connectivity index (χ0n) is 14.5. The number of hydrogen-bond acceptors (Lipinski definition) is 4. The van der Waals surface area contributed by atoms with Gasteiger partial charge in [0.15, 0.2) is 5.69 Å². The average molecular weight is 476 g/mol. The van der Waals surface area contributed by atoms with Crippen molar-refractivity contribution in [3.63, 3.8) is 0 Å². The van der Waals surface area contributed by atoms with Crippen molar-refractivity contribution in [1.29, 1.82) is 0 Å². The van der Waals surface area contributed by atoms with Crippen molar-refractivity contribution in [1.82, 2.24) is 9.55 Å². The van der Waals surface area contributed by atoms with Crippen LogP contribution in [0.3, 0.4) is 0 Å². The largest absolute Gasteiger partial charge is 0.383 e. The number of carbonyl (C=O) groups is 1. The van der Waals surface area contributed by atoms with E-state index in [0.29, 0.717) is 5.56 Å². The molecule has 138 valence electrons. The summed E-state index contributed by atoms with van der Waals surface area (Å²) in [5.74, 6) is -0.454. The molecule has 3 aromatic rings. The summed E-state index contributed by atoms with van der Waals surface area (Å²) in [6.45, 7) is 0.181. The second-order valence-corrected chi connectivity index (χ2v) is 7.19. The second-order valence-electron chi connectivity index (χ2n) is 5.94. The van der Waals surface area contributed by atoms with Gasteiger partial charge in [0.1, 0.15) is 5.82 Å². The molecule has 0 spiro atoms. The Morgan fingerprint density at radius 2 is 1.85 bits per heavy atom. The van der Waals surface area contributed by atoms with E-state index in [2.05, 4.69) is 27.6 Å². The van der Waals surface area contributed by atoms with Crippen LogP contribution in [-0.4, -0.2) is 22.5 Å². The molecule has 0 bridgehead atoms. The van der Waals surface area contributed by atoms with Gasteiger partial charge in [0.05, 0.1) is 6.54 Å². The molecular weight excluding hydrogens is 459 g/mol. The Labute approximate surface area is 168 Å². The molecule has 0 radical (unpaired) electrons. The van der Waals surface area contributed by atoms with Crippen molar-refractivity contribution < 1.29 is 4.79 Å². The zero-order valence-corrected chi connectivity index (χ0v) is 16.6. The number of aromatic nitrogens is 2. The number of nitrogens with two attached hydrogens (primary N) is 1. The second kappa shape index (κ2) is 7.78. The minimum absolute atomic E-state index is 0.0607. The number of hydrogen-bond donors (Lipinski definition) is 2. The van der Waals surface area contributed by atoms with Crippen molar-refractivity contribution in [2.45, 2.75) is 6.54 Å². The van der Waals surface area contributed by atoms with Gasteiger partial charge in [0, 0.05) is 16.2 Å². The average Bonchev–Trinajstić information content (AvgIpc) is 2.65. The first kappa shape index (κ1) is 18.9. The lowest BCUT2D eigenvalue weighted by atomic mass is 10.2. The fourth-order valence-electron chi connectivity index (χ4n) is 2.74. The highest BCUT2D eigenvalue weighted by molar-refractivity contribution is 14.1. The lowest BCUT2D eigenvalue weighted by molar-refractivity contribution is 0.0992. The first-order valence-corrected chi connectivity index (χ1v) is 9.16. The zero-order chi connectivity index (χ0) is 19.6. The Bertz CT molecular complexity index is 1110. The fraction of sp³-hybridized carbons (Fsp3) is 0.105. The van der Waals surface area contributed by atoms with Crippen molar-refractivity contribution in [2.75, 3.05) is 17.7 Å². The summed E-state index contributed by atoms with van der Waals surface area (Å²) in [6.07, 6.45) is 0. The molecule has 1 amide bonds. The molecule has 0 aliphatic rings. The van der Waals surface area contributed by atoms with Gasteiger partial charge >= 0.3 is 5.69 Å². The van der Waals surface area contributed by atoms with Crippen molar-refractivity contribution in [3.8, 4) is 0 Å². The van der Waals surface area contributed by atoms with E-state index < -0.39 is 17.2 Å². The number of nitrogens with zero attached hydrogens (tertiary/aromatic N) is 2. The first-order valence-electron chi connectivity index (χ1n) is 8.08. The van der Waals surface area contributed by atoms with Crippen LogP contribution in [-0.2, 0) is 6.54 Å². The molecule has 27 heavy (non-hydrogen) atoms. The molecule has 1 heterocycles. The van der Waals surface area contributed by atoms with Crippen LogP contribution in [0, 0.1) is 3.57 Å². The van der Waals surface area contributed by atoms with Gasteiger partial charge < -0.3 is 10.6 Å². The summed E-state index contributed by atoms with van der Waals surface area (Å²) in [6, 6.07) is 16.2. The number of nitrogen functional groups attached to an aromatic ring is 1. The van der Waals surface area contributed by atoms with Crippen LogP contribution in [0.5, 0.6) is 0 Å². The van der Waals surface area contributed by atoms with Crippen LogP contribution in [0.1, 0.15) is 15.9 Å². The quantitative estimate of drug-likeness (QED) is 0.563. The van der Waals surface area contributed by atoms with Gasteiger partial charge in [-0.05, 0) is 46.4 Å². The van der Waals surface area contributed by atoms with E-state index in [-0.39, 0.29) is 18.1 Å². The van der Waals surface area contributed by atoms with Gasteiger partial charge in [-0.25, -0.2) is 4.79 Å². The summed E-state index contributed by atoms with van der Waals surface area (Å²) < 4.78 is 2.13. The van der Waals surface area contributed by atoms with Crippen LogP contribution in [0.4, 0.5) is 11.5 Å². The highest BCUT2D eigenvalue weighted by Gasteiger charge is 2.22. The maximum Gasteiger partial charge on any atom is 0.330 e. The molecule has 0 aliphatic heterocycles. The van der Waals surface area contributed by atoms with Crippen LogP contribution in [0.15, 0.2) is 64.2 Å². The van der Waals surface area contributed by atoms with Gasteiger partial charge in [-0.15, -0.1) is 0 Å². The SMILES string of the molecule is CN(C(=O)c1cccc(I)c1)c1c(N)n(Cc2ccccc2)c(=O)[nH]c1=O. The first-order chi connectivity index (χ1) is 12.9. The number of amides is 1. The van der Waals surface area contributed by atoms with Crippen molar-refractivity contribution in [2.24, 2.45) is 0 Å². The fourth-order valence-corrected chi connectivity index (χ4v) is 3.28. The number of aromatic amines is 1. The number of rotatable bonds is 4. The monoisotopic (exact) mass is 476 g/mol. The molecule has 0 fully saturated rings. The molecule has 7 nitrogen and oxygen atoms in total. The standard InChI is InChI=1S/C19H17IN4O3/c1-23(18(26)13-8-5-9-14(20)10-13)15-16(21)24(19(27)22-17(15)25)11-12-6-3-2-4-7-12/h2-10H,11,21H2,1H3,(H,22,25,27). The minimum atomic E-state index is -0.705. The molecule has 0 saturated carbocycles. The lowest BCUT2D eigenvalue weighted by Gasteiger charge is -2.20. The molecule has 0 saturated heterocycles. The normalized spacial score (nSPS) is 10.6. The maximum absolute atomic E-state index is 12.8. The number of carbonyl (C=O) groups excluding carboxylic acids is 1. The van der Waals surface area contributed by atoms with E-state index in [9.17, 15) is 14.4 Å². The Hall–Kier alpha value is -2.88. The van der Waals surface area contributed by atoms with Crippen LogP contribution in [0.25, 0.3) is 0 Å². The highest BCUT2D eigenvalue weighted by atomic mass is 127. The molecular formula is C19H17IN4O3. The molecule has 0 unspecified atom stereocenters. The Morgan fingerprint density at radius 3 is 2.52 bits per heavy atom. The number of H-pyrrole nitrogens is 1. The van der Waals surface area contributed by atoms with E-state index in [4.69, 9.17) is 5.73 Å². The van der Waals surface area contributed by atoms with E-state index in [1.165, 1.54) is 16.5 Å². The molecule has 8 heteroatoms. The van der Waals surface area contributed by atoms with Gasteiger partial charge in [-0.3, -0.25) is 19.1 Å². The third-order valence-electron chi connectivity index (χ3n) is 4.11. The lowest BCUT2D eigenvalue weighted by Crippen LogP contribution is -2.39. The van der Waals surface area contributed by atoms with Gasteiger partial charge in [-0.1, -0.05) is 36.4 Å². The molecule has 2 aromatic carbocycles. The van der Waals surface area contributed by atoms with Crippen LogP contribution < -0.4 is 21.9 Å². The van der Waals surface area contributed by atoms with Crippen LogP contribution >= 0.6 is 22.6 Å². The van der Waals surface area contributed by atoms with E-state index in [1.807, 2.05) is 36.4 Å². The molecule has 1 aromatic heterocycles. The number of benzene rings is 2. The summed E-state index contributed by atoms with van der Waals surface area (Å²) in [7, 11) is 1.46. The Balaban J connectivity index is 2.05. The third kappa shape index (κ3) is 3.95. The topological polar surface area (TPSA) is 101 Å². The van der Waals surface area contributed by atoms with Gasteiger partial charge in [0.2, 0.25) is 0 Å². The molecule has 0 aliphatic carbocycles. The Kier molecular flexibility index (Phi) is 5.45.